The molecular weight excluding hydrogens is 147 g/mol. The van der Waals surface area contributed by atoms with E-state index in [1.54, 1.807) is 0 Å². The Morgan fingerprint density at radius 3 is 2.33 bits per heavy atom. The zero-order valence-corrected chi connectivity index (χ0v) is 8.68. The molecule has 1 aliphatic rings. The summed E-state index contributed by atoms with van der Waals surface area (Å²) in [6.07, 6.45) is 4.07. The Labute approximate surface area is 76.3 Å². The van der Waals surface area contributed by atoms with E-state index in [0.717, 1.165) is 12.6 Å². The fourth-order valence-electron chi connectivity index (χ4n) is 1.75. The molecule has 1 saturated heterocycles. The normalized spacial score (nSPS) is 25.8. The van der Waals surface area contributed by atoms with Crippen molar-refractivity contribution in [3.8, 4) is 0 Å². The van der Waals surface area contributed by atoms with Crippen LogP contribution in [0.3, 0.4) is 0 Å². The monoisotopic (exact) mass is 166 g/mol. The minimum atomic E-state index is 0.0146. The lowest BCUT2D eigenvalue weighted by molar-refractivity contribution is 0.0364. The molecule has 0 aromatic rings. The van der Waals surface area contributed by atoms with Gasteiger partial charge in [0.15, 0.2) is 0 Å². The van der Waals surface area contributed by atoms with Crippen LogP contribution in [0.2, 0.25) is 12.6 Å². The molecule has 68 valence electrons. The zero-order chi connectivity index (χ0) is 9.41. The molecule has 1 aliphatic heterocycles. The molecule has 0 aliphatic carbocycles. The van der Waals surface area contributed by atoms with Crippen molar-refractivity contribution in [2.75, 3.05) is 0 Å². The van der Waals surface area contributed by atoms with Crippen LogP contribution < -0.4 is 0 Å². The predicted molar refractivity (Wildman–Crippen MR) is 54.5 cm³/mol. The molecule has 1 nitrogen and oxygen atoms in total. The molecule has 1 heterocycles. The first-order valence-corrected chi connectivity index (χ1v) is 4.68. The van der Waals surface area contributed by atoms with Gasteiger partial charge >= 0.3 is 0 Å². The summed E-state index contributed by atoms with van der Waals surface area (Å²) in [5.41, 5.74) is 0.307. The van der Waals surface area contributed by atoms with Gasteiger partial charge in [0, 0.05) is 0 Å². The van der Waals surface area contributed by atoms with Crippen molar-refractivity contribution < 1.29 is 4.65 Å². The quantitative estimate of drug-likeness (QED) is 0.452. The van der Waals surface area contributed by atoms with Crippen LogP contribution >= 0.6 is 0 Å². The van der Waals surface area contributed by atoms with Gasteiger partial charge in [0.1, 0.15) is 0 Å². The van der Waals surface area contributed by atoms with Gasteiger partial charge in [0.05, 0.1) is 5.60 Å². The van der Waals surface area contributed by atoms with Crippen LogP contribution in [0, 0.1) is 5.41 Å². The first-order chi connectivity index (χ1) is 5.39. The Bertz CT molecular complexity index is 168. The third kappa shape index (κ3) is 1.58. The van der Waals surface area contributed by atoms with Gasteiger partial charge in [-0.05, 0) is 31.9 Å². The molecule has 2 heteroatoms. The van der Waals surface area contributed by atoms with Gasteiger partial charge < -0.3 is 4.65 Å². The molecule has 12 heavy (non-hydrogen) atoms. The minimum absolute atomic E-state index is 0.0146. The molecule has 1 fully saturated rings. The van der Waals surface area contributed by atoms with Crippen LogP contribution in [0.5, 0.6) is 0 Å². The molecule has 0 N–H and O–H groups in total. The van der Waals surface area contributed by atoms with Gasteiger partial charge in [-0.3, -0.25) is 0 Å². The highest BCUT2D eigenvalue weighted by molar-refractivity contribution is 6.53. The maximum atomic E-state index is 5.93. The molecular formula is C10H19BO. The lowest BCUT2D eigenvalue weighted by atomic mass is 9.56. The topological polar surface area (TPSA) is 9.23 Å². The predicted octanol–water partition coefficient (Wildman–Crippen LogP) is 3.00. The molecule has 0 bridgehead atoms. The van der Waals surface area contributed by atoms with E-state index in [9.17, 15) is 0 Å². The fraction of sp³-hybridized carbons (Fsp3) is 0.800. The highest BCUT2D eigenvalue weighted by Crippen LogP contribution is 2.45. The minimum Gasteiger partial charge on any atom is -0.430 e. The van der Waals surface area contributed by atoms with Gasteiger partial charge in [-0.15, -0.1) is 6.58 Å². The van der Waals surface area contributed by atoms with E-state index in [4.69, 9.17) is 4.65 Å². The van der Waals surface area contributed by atoms with Crippen LogP contribution in [0.25, 0.3) is 0 Å². The lowest BCUT2D eigenvalue weighted by Gasteiger charge is -2.34. The van der Waals surface area contributed by atoms with Crippen molar-refractivity contribution in [1.29, 1.82) is 0 Å². The Kier molecular flexibility index (Phi) is 2.39. The van der Waals surface area contributed by atoms with Crippen LogP contribution in [-0.4, -0.2) is 12.5 Å². The Morgan fingerprint density at radius 2 is 2.00 bits per heavy atom. The molecule has 0 aromatic heterocycles. The van der Waals surface area contributed by atoms with Crippen molar-refractivity contribution in [2.45, 2.75) is 45.9 Å². The molecule has 0 atom stereocenters. The summed E-state index contributed by atoms with van der Waals surface area (Å²) in [6, 6.07) is 0. The molecule has 0 saturated carbocycles. The lowest BCUT2D eigenvalue weighted by Crippen LogP contribution is -2.34. The summed E-state index contributed by atoms with van der Waals surface area (Å²) < 4.78 is 5.93. The maximum absolute atomic E-state index is 5.93. The highest BCUT2D eigenvalue weighted by Gasteiger charge is 2.48. The van der Waals surface area contributed by atoms with E-state index >= 15 is 0 Å². The van der Waals surface area contributed by atoms with Gasteiger partial charge in [0.25, 0.3) is 6.92 Å². The van der Waals surface area contributed by atoms with E-state index in [-0.39, 0.29) is 5.60 Å². The van der Waals surface area contributed by atoms with Crippen molar-refractivity contribution in [2.24, 2.45) is 5.41 Å². The first-order valence-electron chi connectivity index (χ1n) is 4.68. The van der Waals surface area contributed by atoms with Gasteiger partial charge in [-0.1, -0.05) is 19.9 Å². The molecule has 0 aromatic carbocycles. The number of allylic oxidation sites excluding steroid dienone is 1. The first kappa shape index (κ1) is 9.85. The summed E-state index contributed by atoms with van der Waals surface area (Å²) in [4.78, 5) is 0. The molecule has 1 rings (SSSR count). The van der Waals surface area contributed by atoms with Crippen molar-refractivity contribution in [1.82, 2.24) is 0 Å². The molecule has 0 unspecified atom stereocenters. The summed E-state index contributed by atoms with van der Waals surface area (Å²) in [5.74, 6) is 0. The third-order valence-corrected chi connectivity index (χ3v) is 3.26. The third-order valence-electron chi connectivity index (χ3n) is 3.26. The largest absolute Gasteiger partial charge is 0.430 e. The zero-order valence-electron chi connectivity index (χ0n) is 8.68. The van der Waals surface area contributed by atoms with Crippen LogP contribution in [0.15, 0.2) is 12.7 Å². The molecule has 0 radical (unpaired) electrons. The number of hydrogen-bond donors (Lipinski definition) is 0. The van der Waals surface area contributed by atoms with E-state index in [1.807, 2.05) is 6.08 Å². The van der Waals surface area contributed by atoms with Gasteiger partial charge in [-0.25, -0.2) is 0 Å². The SMILES string of the molecule is C=CCB1CC(C)(C)C(C)(C)O1. The van der Waals surface area contributed by atoms with E-state index in [1.165, 1.54) is 0 Å². The summed E-state index contributed by atoms with van der Waals surface area (Å²) >= 11 is 0. The standard InChI is InChI=1S/C10H19BO/c1-6-7-11-8-9(2,3)10(4,5)12-11/h6H,1,7-8H2,2-5H3. The van der Waals surface area contributed by atoms with Gasteiger partial charge in [-0.2, -0.15) is 0 Å². The van der Waals surface area contributed by atoms with Crippen LogP contribution in [0.1, 0.15) is 27.7 Å². The Morgan fingerprint density at radius 1 is 1.42 bits per heavy atom. The number of rotatable bonds is 2. The fourth-order valence-corrected chi connectivity index (χ4v) is 1.75. The second kappa shape index (κ2) is 2.92. The summed E-state index contributed by atoms with van der Waals surface area (Å²) in [7, 11) is 0. The van der Waals surface area contributed by atoms with Crippen LogP contribution in [0.4, 0.5) is 0 Å². The average molecular weight is 166 g/mol. The Balaban J connectivity index is 2.67. The summed E-state index contributed by atoms with van der Waals surface area (Å²) in [5, 5.41) is 0. The van der Waals surface area contributed by atoms with Crippen molar-refractivity contribution in [3.05, 3.63) is 12.7 Å². The van der Waals surface area contributed by atoms with E-state index in [2.05, 4.69) is 34.3 Å². The van der Waals surface area contributed by atoms with E-state index in [0.29, 0.717) is 12.3 Å². The smallest absolute Gasteiger partial charge is 0.298 e. The number of hydrogen-bond acceptors (Lipinski definition) is 1. The molecule has 0 amide bonds. The van der Waals surface area contributed by atoms with Crippen molar-refractivity contribution in [3.63, 3.8) is 0 Å². The highest BCUT2D eigenvalue weighted by atomic mass is 16.5. The average Bonchev–Trinajstić information content (AvgIpc) is 2.02. The second-order valence-corrected chi connectivity index (χ2v) is 4.86. The maximum Gasteiger partial charge on any atom is 0.298 e. The van der Waals surface area contributed by atoms with Gasteiger partial charge in [0.2, 0.25) is 0 Å². The summed E-state index contributed by atoms with van der Waals surface area (Å²) in [6.45, 7) is 13.0. The molecule has 0 spiro atoms. The van der Waals surface area contributed by atoms with E-state index < -0.39 is 0 Å². The Hall–Kier alpha value is -0.235. The second-order valence-electron chi connectivity index (χ2n) is 4.86. The van der Waals surface area contributed by atoms with Crippen LogP contribution in [-0.2, 0) is 4.65 Å². The van der Waals surface area contributed by atoms with Crippen molar-refractivity contribution >= 4 is 6.92 Å².